The Balaban J connectivity index is 2.44. The minimum atomic E-state index is -0.591. The van der Waals surface area contributed by atoms with E-state index in [9.17, 15) is 9.59 Å². The van der Waals surface area contributed by atoms with Crippen LogP contribution in [0.4, 0.5) is 5.69 Å². The topological polar surface area (TPSA) is 93.8 Å². The molecule has 2 heterocycles. The first-order valence-electron chi connectivity index (χ1n) is 4.75. The second-order valence-electron chi connectivity index (χ2n) is 3.44. The van der Waals surface area contributed by atoms with E-state index in [1.807, 2.05) is 0 Å². The minimum Gasteiger partial charge on any atom is -0.393 e. The standard InChI is InChI=1S/C10H9ClN4O2/c11-7-3-13-2-1-6(7)4-15-5-8(12)9(16)14-10(15)17/h1-3,5H,4,12H2,(H,14,16,17). The predicted octanol–water partition coefficient (Wildman–Crippen LogP) is 0.216. The van der Waals surface area contributed by atoms with Crippen molar-refractivity contribution in [2.45, 2.75) is 6.54 Å². The van der Waals surface area contributed by atoms with Crippen molar-refractivity contribution in [1.29, 1.82) is 0 Å². The average Bonchev–Trinajstić information content (AvgIpc) is 2.29. The molecule has 17 heavy (non-hydrogen) atoms. The highest BCUT2D eigenvalue weighted by Gasteiger charge is 2.04. The predicted molar refractivity (Wildman–Crippen MR) is 64.1 cm³/mol. The monoisotopic (exact) mass is 252 g/mol. The molecule has 2 rings (SSSR count). The molecule has 0 aliphatic carbocycles. The van der Waals surface area contributed by atoms with Crippen LogP contribution in [0.5, 0.6) is 0 Å². The molecule has 0 bridgehead atoms. The van der Waals surface area contributed by atoms with E-state index < -0.39 is 11.2 Å². The number of pyridine rings is 1. The van der Waals surface area contributed by atoms with Crippen molar-refractivity contribution < 1.29 is 0 Å². The Bertz CT molecular complexity index is 662. The molecule has 2 aromatic heterocycles. The van der Waals surface area contributed by atoms with E-state index >= 15 is 0 Å². The van der Waals surface area contributed by atoms with Crippen molar-refractivity contribution in [1.82, 2.24) is 14.5 Å². The first-order valence-corrected chi connectivity index (χ1v) is 5.13. The largest absolute Gasteiger partial charge is 0.393 e. The van der Waals surface area contributed by atoms with Gasteiger partial charge in [-0.05, 0) is 11.6 Å². The number of anilines is 1. The van der Waals surface area contributed by atoms with E-state index in [0.29, 0.717) is 5.02 Å². The number of hydrogen-bond acceptors (Lipinski definition) is 4. The molecule has 0 aromatic carbocycles. The highest BCUT2D eigenvalue weighted by molar-refractivity contribution is 6.31. The maximum Gasteiger partial charge on any atom is 0.328 e. The lowest BCUT2D eigenvalue weighted by molar-refractivity contribution is 0.723. The van der Waals surface area contributed by atoms with Crippen molar-refractivity contribution in [2.24, 2.45) is 0 Å². The number of nitrogens with zero attached hydrogens (tertiary/aromatic N) is 2. The number of nitrogen functional groups attached to an aromatic ring is 1. The summed E-state index contributed by atoms with van der Waals surface area (Å²) in [7, 11) is 0. The van der Waals surface area contributed by atoms with Crippen LogP contribution < -0.4 is 17.0 Å². The van der Waals surface area contributed by atoms with Gasteiger partial charge >= 0.3 is 5.69 Å². The van der Waals surface area contributed by atoms with E-state index in [1.54, 1.807) is 12.3 Å². The fraction of sp³-hybridized carbons (Fsp3) is 0.100. The Morgan fingerprint density at radius 1 is 1.47 bits per heavy atom. The third kappa shape index (κ3) is 2.36. The Morgan fingerprint density at radius 3 is 2.94 bits per heavy atom. The molecule has 0 spiro atoms. The molecule has 0 unspecified atom stereocenters. The Kier molecular flexibility index (Phi) is 2.97. The van der Waals surface area contributed by atoms with Crippen molar-refractivity contribution >= 4 is 17.3 Å². The van der Waals surface area contributed by atoms with Gasteiger partial charge in [0.2, 0.25) is 0 Å². The SMILES string of the molecule is Nc1cn(Cc2ccncc2Cl)c(=O)[nH]c1=O. The number of nitrogens with two attached hydrogens (primary N) is 1. The molecule has 0 radical (unpaired) electrons. The van der Waals surface area contributed by atoms with Crippen LogP contribution >= 0.6 is 11.6 Å². The summed E-state index contributed by atoms with van der Waals surface area (Å²) in [6.45, 7) is 0.223. The summed E-state index contributed by atoms with van der Waals surface area (Å²) in [6, 6.07) is 1.69. The van der Waals surface area contributed by atoms with Crippen LogP contribution in [0.15, 0.2) is 34.2 Å². The van der Waals surface area contributed by atoms with Gasteiger partial charge in [0.25, 0.3) is 5.56 Å². The Labute approximate surface area is 101 Å². The maximum absolute atomic E-state index is 11.5. The molecular formula is C10H9ClN4O2. The molecule has 0 fully saturated rings. The highest BCUT2D eigenvalue weighted by Crippen LogP contribution is 2.13. The van der Waals surface area contributed by atoms with Gasteiger partial charge in [-0.3, -0.25) is 19.3 Å². The van der Waals surface area contributed by atoms with Gasteiger partial charge in [0.05, 0.1) is 11.6 Å². The Morgan fingerprint density at radius 2 is 2.24 bits per heavy atom. The van der Waals surface area contributed by atoms with E-state index in [-0.39, 0.29) is 12.2 Å². The van der Waals surface area contributed by atoms with Gasteiger partial charge < -0.3 is 5.73 Å². The highest BCUT2D eigenvalue weighted by atomic mass is 35.5. The molecule has 6 nitrogen and oxygen atoms in total. The molecule has 3 N–H and O–H groups in total. The normalized spacial score (nSPS) is 10.4. The van der Waals surface area contributed by atoms with Gasteiger partial charge in [-0.15, -0.1) is 0 Å². The molecule has 0 aliphatic heterocycles. The van der Waals surface area contributed by atoms with Crippen LogP contribution in [-0.2, 0) is 6.54 Å². The maximum atomic E-state index is 11.5. The summed E-state index contributed by atoms with van der Waals surface area (Å²) in [5.74, 6) is 0. The summed E-state index contributed by atoms with van der Waals surface area (Å²) in [5, 5.41) is 0.448. The minimum absolute atomic E-state index is 0.0187. The fourth-order valence-electron chi connectivity index (χ4n) is 1.36. The third-order valence-electron chi connectivity index (χ3n) is 2.24. The van der Waals surface area contributed by atoms with Gasteiger partial charge in [0.1, 0.15) is 5.69 Å². The summed E-state index contributed by atoms with van der Waals surface area (Å²) in [5.41, 5.74) is 5.01. The van der Waals surface area contributed by atoms with Gasteiger partial charge in [-0.1, -0.05) is 11.6 Å². The zero-order valence-corrected chi connectivity index (χ0v) is 9.44. The molecule has 0 atom stereocenters. The van der Waals surface area contributed by atoms with Crippen molar-refractivity contribution in [3.8, 4) is 0 Å². The number of halogens is 1. The summed E-state index contributed by atoms with van der Waals surface area (Å²) < 4.78 is 1.28. The van der Waals surface area contributed by atoms with Gasteiger partial charge in [-0.25, -0.2) is 4.79 Å². The number of nitrogens with one attached hydrogen (secondary N) is 1. The molecular weight excluding hydrogens is 244 g/mol. The van der Waals surface area contributed by atoms with Gasteiger partial charge in [0, 0.05) is 18.6 Å². The summed E-state index contributed by atoms with van der Waals surface area (Å²) >= 11 is 5.92. The van der Waals surface area contributed by atoms with E-state index in [0.717, 1.165) is 5.56 Å². The zero-order valence-electron chi connectivity index (χ0n) is 8.68. The number of rotatable bonds is 2. The second-order valence-corrected chi connectivity index (χ2v) is 3.85. The van der Waals surface area contributed by atoms with Crippen LogP contribution in [0, 0.1) is 0 Å². The first kappa shape index (κ1) is 11.4. The molecule has 2 aromatic rings. The molecule has 0 amide bonds. The molecule has 7 heteroatoms. The van der Waals surface area contributed by atoms with Crippen LogP contribution in [0.2, 0.25) is 5.02 Å². The van der Waals surface area contributed by atoms with Crippen molar-refractivity contribution in [3.63, 3.8) is 0 Å². The molecule has 0 saturated heterocycles. The Hall–Kier alpha value is -2.08. The number of aromatic nitrogens is 3. The van der Waals surface area contributed by atoms with Gasteiger partial charge in [0.15, 0.2) is 0 Å². The molecule has 0 saturated carbocycles. The lowest BCUT2D eigenvalue weighted by atomic mass is 10.2. The van der Waals surface area contributed by atoms with Crippen LogP contribution in [0.1, 0.15) is 5.56 Å². The number of hydrogen-bond donors (Lipinski definition) is 2. The number of H-pyrrole nitrogens is 1. The molecule has 0 aliphatic rings. The van der Waals surface area contributed by atoms with Crippen molar-refractivity contribution in [2.75, 3.05) is 5.73 Å². The average molecular weight is 253 g/mol. The smallest absolute Gasteiger partial charge is 0.328 e. The molecule has 88 valence electrons. The van der Waals surface area contributed by atoms with Crippen LogP contribution in [0.3, 0.4) is 0 Å². The lowest BCUT2D eigenvalue weighted by Gasteiger charge is -2.06. The van der Waals surface area contributed by atoms with Crippen molar-refractivity contribution in [3.05, 3.63) is 56.1 Å². The third-order valence-corrected chi connectivity index (χ3v) is 2.58. The number of aromatic amines is 1. The quantitative estimate of drug-likeness (QED) is 0.799. The zero-order chi connectivity index (χ0) is 12.4. The van der Waals surface area contributed by atoms with Crippen LogP contribution in [0.25, 0.3) is 0 Å². The van der Waals surface area contributed by atoms with E-state index in [4.69, 9.17) is 17.3 Å². The second kappa shape index (κ2) is 4.42. The van der Waals surface area contributed by atoms with Gasteiger partial charge in [-0.2, -0.15) is 0 Å². The fourth-order valence-corrected chi connectivity index (χ4v) is 1.54. The summed E-state index contributed by atoms with van der Waals surface area (Å²) in [6.07, 6.45) is 4.34. The van der Waals surface area contributed by atoms with E-state index in [1.165, 1.54) is 17.0 Å². The first-order chi connectivity index (χ1) is 8.08. The summed E-state index contributed by atoms with van der Waals surface area (Å²) in [4.78, 5) is 28.5. The van der Waals surface area contributed by atoms with Crippen LogP contribution in [-0.4, -0.2) is 14.5 Å². The lowest BCUT2D eigenvalue weighted by Crippen LogP contribution is -2.31. The van der Waals surface area contributed by atoms with E-state index in [2.05, 4.69) is 9.97 Å².